The zero-order valence-corrected chi connectivity index (χ0v) is 9.55. The Morgan fingerprint density at radius 2 is 2.15 bits per heavy atom. The van der Waals surface area contributed by atoms with Gasteiger partial charge in [-0.3, -0.25) is 0 Å². The Morgan fingerprint density at radius 3 is 2.69 bits per heavy atom. The van der Waals surface area contributed by atoms with Crippen molar-refractivity contribution in [2.75, 3.05) is 13.3 Å². The fraction of sp³-hybridized carbons (Fsp3) is 0.455. The second kappa shape index (κ2) is 5.24. The molecule has 0 spiro atoms. The van der Waals surface area contributed by atoms with Gasteiger partial charge in [0.25, 0.3) is 0 Å². The third-order valence-corrected chi connectivity index (χ3v) is 2.81. The standard InChI is InChI=1S/C11H17OP/c1-4-7-12-11-6-5-10(13-3)8-9(11)2/h5-6,8,13H,4,7H2,1-3H3. The Bertz CT molecular complexity index is 271. The van der Waals surface area contributed by atoms with Crippen molar-refractivity contribution in [2.24, 2.45) is 0 Å². The molecule has 0 radical (unpaired) electrons. The topological polar surface area (TPSA) is 9.23 Å². The van der Waals surface area contributed by atoms with E-state index in [1.54, 1.807) is 0 Å². The molecule has 1 atom stereocenters. The molecule has 0 aliphatic heterocycles. The minimum atomic E-state index is 0.814. The predicted molar refractivity (Wildman–Crippen MR) is 60.8 cm³/mol. The molecule has 0 amide bonds. The van der Waals surface area contributed by atoms with Crippen molar-refractivity contribution >= 4 is 13.9 Å². The van der Waals surface area contributed by atoms with Crippen LogP contribution < -0.4 is 10.0 Å². The second-order valence-corrected chi connectivity index (χ2v) is 4.16. The highest BCUT2D eigenvalue weighted by Crippen LogP contribution is 2.18. The first-order valence-corrected chi connectivity index (χ1v) is 6.19. The summed E-state index contributed by atoms with van der Waals surface area (Å²) in [5, 5.41) is 1.40. The number of aryl methyl sites for hydroxylation is 1. The summed E-state index contributed by atoms with van der Waals surface area (Å²) in [5.41, 5.74) is 1.25. The van der Waals surface area contributed by atoms with Crippen molar-refractivity contribution < 1.29 is 4.74 Å². The second-order valence-electron chi connectivity index (χ2n) is 3.08. The zero-order valence-electron chi connectivity index (χ0n) is 8.55. The van der Waals surface area contributed by atoms with E-state index in [1.807, 2.05) is 0 Å². The largest absolute Gasteiger partial charge is 0.493 e. The van der Waals surface area contributed by atoms with Gasteiger partial charge in [0.2, 0.25) is 0 Å². The summed E-state index contributed by atoms with van der Waals surface area (Å²) in [7, 11) is 0.870. The van der Waals surface area contributed by atoms with E-state index in [0.29, 0.717) is 0 Å². The highest BCUT2D eigenvalue weighted by molar-refractivity contribution is 7.46. The molecule has 1 aromatic rings. The summed E-state index contributed by atoms with van der Waals surface area (Å²) in [6.45, 7) is 7.24. The number of ether oxygens (including phenoxy) is 1. The van der Waals surface area contributed by atoms with Crippen LogP contribution in [0.25, 0.3) is 0 Å². The molecule has 0 fully saturated rings. The maximum absolute atomic E-state index is 5.59. The summed E-state index contributed by atoms with van der Waals surface area (Å²) in [6, 6.07) is 6.44. The van der Waals surface area contributed by atoms with Crippen LogP contribution in [0.5, 0.6) is 5.75 Å². The van der Waals surface area contributed by atoms with Gasteiger partial charge in [0.15, 0.2) is 0 Å². The van der Waals surface area contributed by atoms with E-state index in [9.17, 15) is 0 Å². The Kier molecular flexibility index (Phi) is 4.24. The molecule has 0 heterocycles. The van der Waals surface area contributed by atoms with Crippen LogP contribution in [-0.2, 0) is 0 Å². The van der Waals surface area contributed by atoms with Crippen molar-refractivity contribution in [2.45, 2.75) is 20.3 Å². The van der Waals surface area contributed by atoms with Gasteiger partial charge in [0.1, 0.15) is 5.75 Å². The Hall–Kier alpha value is -0.550. The molecule has 2 heteroatoms. The molecule has 1 nitrogen and oxygen atoms in total. The van der Waals surface area contributed by atoms with E-state index >= 15 is 0 Å². The molecule has 0 bridgehead atoms. The van der Waals surface area contributed by atoms with Crippen molar-refractivity contribution in [3.63, 3.8) is 0 Å². The molecule has 0 aromatic heterocycles. The number of hydrogen-bond acceptors (Lipinski definition) is 1. The highest BCUT2D eigenvalue weighted by Gasteiger charge is 1.99. The van der Waals surface area contributed by atoms with Gasteiger partial charge in [-0.15, -0.1) is 0 Å². The Morgan fingerprint density at radius 1 is 1.38 bits per heavy atom. The van der Waals surface area contributed by atoms with Crippen LogP contribution >= 0.6 is 8.58 Å². The summed E-state index contributed by atoms with van der Waals surface area (Å²) >= 11 is 0. The van der Waals surface area contributed by atoms with Crippen LogP contribution in [0.1, 0.15) is 18.9 Å². The van der Waals surface area contributed by atoms with E-state index in [4.69, 9.17) is 4.74 Å². The summed E-state index contributed by atoms with van der Waals surface area (Å²) in [5.74, 6) is 1.03. The quantitative estimate of drug-likeness (QED) is 0.673. The van der Waals surface area contributed by atoms with E-state index < -0.39 is 0 Å². The Balaban J connectivity index is 2.73. The van der Waals surface area contributed by atoms with Gasteiger partial charge in [-0.1, -0.05) is 21.6 Å². The van der Waals surface area contributed by atoms with E-state index in [2.05, 4.69) is 38.7 Å². The van der Waals surface area contributed by atoms with Crippen molar-refractivity contribution in [1.82, 2.24) is 0 Å². The van der Waals surface area contributed by atoms with Crippen LogP contribution in [0.4, 0.5) is 0 Å². The van der Waals surface area contributed by atoms with Crippen molar-refractivity contribution in [3.8, 4) is 5.75 Å². The minimum absolute atomic E-state index is 0.814. The average Bonchev–Trinajstić information content (AvgIpc) is 2.16. The summed E-state index contributed by atoms with van der Waals surface area (Å²) in [6.07, 6.45) is 1.07. The molecule has 0 aliphatic carbocycles. The molecule has 0 N–H and O–H groups in total. The third kappa shape index (κ3) is 3.00. The molecule has 0 saturated carbocycles. The van der Waals surface area contributed by atoms with Gasteiger partial charge in [-0.05, 0) is 43.0 Å². The van der Waals surface area contributed by atoms with E-state index in [1.165, 1.54) is 10.9 Å². The van der Waals surface area contributed by atoms with Crippen LogP contribution in [-0.4, -0.2) is 13.3 Å². The number of hydrogen-bond donors (Lipinski definition) is 0. The molecule has 0 saturated heterocycles. The van der Waals surface area contributed by atoms with Crippen molar-refractivity contribution in [1.29, 1.82) is 0 Å². The average molecular weight is 196 g/mol. The molecule has 13 heavy (non-hydrogen) atoms. The van der Waals surface area contributed by atoms with Gasteiger partial charge in [0.05, 0.1) is 6.61 Å². The summed E-state index contributed by atoms with van der Waals surface area (Å²) in [4.78, 5) is 0. The van der Waals surface area contributed by atoms with Crippen LogP contribution in [0.2, 0.25) is 0 Å². The van der Waals surface area contributed by atoms with E-state index in [0.717, 1.165) is 27.4 Å². The third-order valence-electron chi connectivity index (χ3n) is 1.93. The first-order valence-electron chi connectivity index (χ1n) is 4.69. The smallest absolute Gasteiger partial charge is 0.122 e. The number of rotatable bonds is 4. The lowest BCUT2D eigenvalue weighted by molar-refractivity contribution is 0.315. The molecule has 1 rings (SSSR count). The highest BCUT2D eigenvalue weighted by atomic mass is 31.1. The molecule has 1 unspecified atom stereocenters. The van der Waals surface area contributed by atoms with Gasteiger partial charge in [-0.2, -0.15) is 0 Å². The van der Waals surface area contributed by atoms with Crippen LogP contribution in [0, 0.1) is 6.92 Å². The fourth-order valence-electron chi connectivity index (χ4n) is 1.18. The predicted octanol–water partition coefficient (Wildman–Crippen LogP) is 2.72. The van der Waals surface area contributed by atoms with Gasteiger partial charge in [0, 0.05) is 0 Å². The number of benzene rings is 1. The molecule has 0 aliphatic rings. The normalized spacial score (nSPS) is 11.0. The van der Waals surface area contributed by atoms with Gasteiger partial charge in [-0.25, -0.2) is 0 Å². The van der Waals surface area contributed by atoms with Crippen molar-refractivity contribution in [3.05, 3.63) is 23.8 Å². The molecule has 1 aromatic carbocycles. The Labute approximate surface area is 82.3 Å². The monoisotopic (exact) mass is 196 g/mol. The lowest BCUT2D eigenvalue weighted by atomic mass is 10.2. The maximum atomic E-state index is 5.59. The first-order chi connectivity index (χ1) is 6.27. The van der Waals surface area contributed by atoms with Gasteiger partial charge >= 0.3 is 0 Å². The SMILES string of the molecule is CCCOc1ccc(PC)cc1C. The first kappa shape index (κ1) is 10.5. The molecule has 72 valence electrons. The van der Waals surface area contributed by atoms with Crippen LogP contribution in [0.15, 0.2) is 18.2 Å². The molecular formula is C11H17OP. The molecular weight excluding hydrogens is 179 g/mol. The lowest BCUT2D eigenvalue weighted by Gasteiger charge is -2.08. The fourth-order valence-corrected chi connectivity index (χ4v) is 1.79. The van der Waals surface area contributed by atoms with Crippen LogP contribution in [0.3, 0.4) is 0 Å². The lowest BCUT2D eigenvalue weighted by Crippen LogP contribution is -2.00. The zero-order chi connectivity index (χ0) is 9.68. The minimum Gasteiger partial charge on any atom is -0.493 e. The summed E-state index contributed by atoms with van der Waals surface area (Å²) < 4.78 is 5.59. The van der Waals surface area contributed by atoms with Gasteiger partial charge < -0.3 is 4.74 Å². The van der Waals surface area contributed by atoms with E-state index in [-0.39, 0.29) is 0 Å². The maximum Gasteiger partial charge on any atom is 0.122 e.